The fourth-order valence-corrected chi connectivity index (χ4v) is 5.04. The molecule has 0 aliphatic rings. The van der Waals surface area contributed by atoms with Crippen LogP contribution in [0.5, 0.6) is 5.75 Å². The number of methoxy groups -OCH3 is 1. The largest absolute Gasteiger partial charge is 0.497 e. The number of rotatable bonds is 11. The number of H-pyrrole nitrogens is 1. The fourth-order valence-electron chi connectivity index (χ4n) is 5.04. The van der Waals surface area contributed by atoms with E-state index >= 15 is 0 Å². The van der Waals surface area contributed by atoms with E-state index in [1.165, 1.54) is 5.56 Å². The molecule has 39 heavy (non-hydrogen) atoms. The van der Waals surface area contributed by atoms with Crippen LogP contribution in [0.2, 0.25) is 0 Å². The number of fused-ring (bicyclic) bond motifs is 1. The third-order valence-corrected chi connectivity index (χ3v) is 7.14. The lowest BCUT2D eigenvalue weighted by molar-refractivity contribution is 0.160. The van der Waals surface area contributed by atoms with E-state index in [-0.39, 0.29) is 11.6 Å². The summed E-state index contributed by atoms with van der Waals surface area (Å²) in [5.74, 6) is 1.61. The predicted octanol–water partition coefficient (Wildman–Crippen LogP) is 5.23. The summed E-state index contributed by atoms with van der Waals surface area (Å²) in [5.41, 5.74) is 4.98. The Morgan fingerprint density at radius 2 is 1.77 bits per heavy atom. The van der Waals surface area contributed by atoms with Crippen LogP contribution in [0.15, 0.2) is 83.7 Å². The van der Waals surface area contributed by atoms with Crippen LogP contribution >= 0.6 is 0 Å². The Morgan fingerprint density at radius 1 is 0.974 bits per heavy atom. The third kappa shape index (κ3) is 6.23. The van der Waals surface area contributed by atoms with Gasteiger partial charge in [-0.1, -0.05) is 61.0 Å². The lowest BCUT2D eigenvalue weighted by Gasteiger charge is -2.30. The van der Waals surface area contributed by atoms with Crippen LogP contribution in [-0.2, 0) is 26.1 Å². The number of tetrazole rings is 1. The predicted molar refractivity (Wildman–Crippen MR) is 153 cm³/mol. The first kappa shape index (κ1) is 26.3. The van der Waals surface area contributed by atoms with Gasteiger partial charge in [0.1, 0.15) is 5.75 Å². The molecule has 0 amide bonds. The quantitative estimate of drug-likeness (QED) is 0.256. The van der Waals surface area contributed by atoms with Gasteiger partial charge < -0.3 is 9.72 Å². The molecule has 0 aliphatic carbocycles. The lowest BCUT2D eigenvalue weighted by atomic mass is 10.1. The first-order valence-corrected chi connectivity index (χ1v) is 13.3. The van der Waals surface area contributed by atoms with Gasteiger partial charge in [0.05, 0.1) is 13.2 Å². The average molecular weight is 523 g/mol. The van der Waals surface area contributed by atoms with E-state index in [2.05, 4.69) is 69.6 Å². The third-order valence-electron chi connectivity index (χ3n) is 7.14. The van der Waals surface area contributed by atoms with Crippen LogP contribution in [0, 0.1) is 6.92 Å². The second-order valence-corrected chi connectivity index (χ2v) is 9.89. The molecule has 5 rings (SSSR count). The summed E-state index contributed by atoms with van der Waals surface area (Å²) in [4.78, 5) is 18.5. The molecular weight excluding hydrogens is 488 g/mol. The molecule has 2 aromatic heterocycles. The Hall–Kier alpha value is -4.30. The summed E-state index contributed by atoms with van der Waals surface area (Å²) >= 11 is 0. The Morgan fingerprint density at radius 3 is 2.51 bits per heavy atom. The zero-order valence-corrected chi connectivity index (χ0v) is 22.7. The molecule has 0 aliphatic heterocycles. The molecule has 0 unspecified atom stereocenters. The van der Waals surface area contributed by atoms with Gasteiger partial charge in [0.15, 0.2) is 5.82 Å². The summed E-state index contributed by atoms with van der Waals surface area (Å²) < 4.78 is 7.25. The molecule has 0 bridgehead atoms. The number of ether oxygens (including phenoxy) is 1. The van der Waals surface area contributed by atoms with E-state index in [4.69, 9.17) is 4.74 Å². The van der Waals surface area contributed by atoms with Crippen molar-refractivity contribution in [3.63, 3.8) is 0 Å². The molecule has 200 valence electrons. The van der Waals surface area contributed by atoms with E-state index in [1.54, 1.807) is 7.11 Å². The van der Waals surface area contributed by atoms with Crippen LogP contribution in [0.1, 0.15) is 47.5 Å². The van der Waals surface area contributed by atoms with Gasteiger partial charge in [-0.25, -0.2) is 4.68 Å². The minimum Gasteiger partial charge on any atom is -0.497 e. The second-order valence-electron chi connectivity index (χ2n) is 9.89. The van der Waals surface area contributed by atoms with Gasteiger partial charge in [-0.05, 0) is 77.0 Å². The number of pyridine rings is 1. The second kappa shape index (κ2) is 12.0. The Labute approximate surface area is 228 Å². The summed E-state index contributed by atoms with van der Waals surface area (Å²) in [6.45, 7) is 5.95. The summed E-state index contributed by atoms with van der Waals surface area (Å²) in [6.07, 6.45) is 1.62. The van der Waals surface area contributed by atoms with Crippen molar-refractivity contribution in [3.8, 4) is 5.75 Å². The average Bonchev–Trinajstić information content (AvgIpc) is 3.42. The molecule has 3 aromatic carbocycles. The SMILES string of the molecule is CC[C@H](c1nnnn1CCc1ccccc1)N(Cc1ccc(OC)cc1)Cc1cc2cc(C)ccc2[nH]c1=O. The van der Waals surface area contributed by atoms with Crippen molar-refractivity contribution in [2.75, 3.05) is 7.11 Å². The van der Waals surface area contributed by atoms with Crippen LogP contribution in [0.3, 0.4) is 0 Å². The van der Waals surface area contributed by atoms with Gasteiger partial charge >= 0.3 is 0 Å². The monoisotopic (exact) mass is 522 g/mol. The molecule has 1 atom stereocenters. The fraction of sp³-hybridized carbons (Fsp3) is 0.290. The highest BCUT2D eigenvalue weighted by atomic mass is 16.5. The maximum atomic E-state index is 13.2. The van der Waals surface area contributed by atoms with Crippen molar-refractivity contribution in [2.45, 2.75) is 52.4 Å². The maximum Gasteiger partial charge on any atom is 0.252 e. The molecule has 8 nitrogen and oxygen atoms in total. The number of hydrogen-bond acceptors (Lipinski definition) is 6. The first-order chi connectivity index (χ1) is 19.0. The van der Waals surface area contributed by atoms with E-state index in [0.717, 1.165) is 46.4 Å². The highest BCUT2D eigenvalue weighted by Gasteiger charge is 2.26. The highest BCUT2D eigenvalue weighted by Crippen LogP contribution is 2.27. The molecule has 0 radical (unpaired) electrons. The van der Waals surface area contributed by atoms with Crippen molar-refractivity contribution in [1.29, 1.82) is 0 Å². The minimum absolute atomic E-state index is 0.0791. The summed E-state index contributed by atoms with van der Waals surface area (Å²) in [7, 11) is 1.66. The number of hydrogen-bond donors (Lipinski definition) is 1. The van der Waals surface area contributed by atoms with Gasteiger partial charge in [0.25, 0.3) is 5.56 Å². The van der Waals surface area contributed by atoms with E-state index in [9.17, 15) is 4.79 Å². The number of aromatic nitrogens is 5. The van der Waals surface area contributed by atoms with Crippen molar-refractivity contribution < 1.29 is 4.74 Å². The molecule has 0 fully saturated rings. The molecule has 0 spiro atoms. The van der Waals surface area contributed by atoms with Crippen LogP contribution in [-0.4, -0.2) is 37.2 Å². The van der Waals surface area contributed by atoms with Crippen LogP contribution < -0.4 is 10.3 Å². The van der Waals surface area contributed by atoms with Crippen LogP contribution in [0.4, 0.5) is 0 Å². The number of benzene rings is 3. The lowest BCUT2D eigenvalue weighted by Crippen LogP contribution is -2.32. The number of aryl methyl sites for hydroxylation is 3. The summed E-state index contributed by atoms with van der Waals surface area (Å²) in [6, 6.07) is 26.4. The van der Waals surface area contributed by atoms with Crippen LogP contribution in [0.25, 0.3) is 10.9 Å². The topological polar surface area (TPSA) is 88.9 Å². The first-order valence-electron chi connectivity index (χ1n) is 13.3. The smallest absolute Gasteiger partial charge is 0.252 e. The van der Waals surface area contributed by atoms with Gasteiger partial charge in [-0.15, -0.1) is 5.10 Å². The zero-order valence-electron chi connectivity index (χ0n) is 22.7. The van der Waals surface area contributed by atoms with E-state index in [0.29, 0.717) is 25.2 Å². The summed E-state index contributed by atoms with van der Waals surface area (Å²) in [5, 5.41) is 13.9. The van der Waals surface area contributed by atoms with E-state index < -0.39 is 0 Å². The Bertz CT molecular complexity index is 1580. The molecule has 0 saturated carbocycles. The van der Waals surface area contributed by atoms with E-state index in [1.807, 2.05) is 53.2 Å². The maximum absolute atomic E-state index is 13.2. The zero-order chi connectivity index (χ0) is 27.2. The minimum atomic E-state index is -0.0921. The van der Waals surface area contributed by atoms with Crippen molar-refractivity contribution in [2.24, 2.45) is 0 Å². The molecule has 2 heterocycles. The normalized spacial score (nSPS) is 12.2. The molecule has 0 saturated heterocycles. The number of nitrogens with one attached hydrogen (secondary N) is 1. The molecule has 8 heteroatoms. The Kier molecular flexibility index (Phi) is 8.13. The van der Waals surface area contributed by atoms with Crippen molar-refractivity contribution in [1.82, 2.24) is 30.1 Å². The molecular formula is C31H34N6O2. The Balaban J connectivity index is 1.48. The molecule has 1 N–H and O–H groups in total. The number of nitrogens with zero attached hydrogens (tertiary/aromatic N) is 5. The van der Waals surface area contributed by atoms with Gasteiger partial charge in [0.2, 0.25) is 0 Å². The highest BCUT2D eigenvalue weighted by molar-refractivity contribution is 5.79. The van der Waals surface area contributed by atoms with Crippen molar-refractivity contribution >= 4 is 10.9 Å². The molecule has 5 aromatic rings. The standard InChI is InChI=1S/C31H34N6O2/c1-4-29(30-33-34-35-37(30)17-16-23-8-6-5-7-9-23)36(20-24-11-13-27(39-3)14-12-24)21-26-19-25-18-22(2)10-15-28(25)32-31(26)38/h5-15,18-19,29H,4,16-17,20-21H2,1-3H3,(H,32,38)/t29-/m1/s1. The van der Waals surface area contributed by atoms with Crippen molar-refractivity contribution in [3.05, 3.63) is 117 Å². The van der Waals surface area contributed by atoms with Gasteiger partial charge in [-0.3, -0.25) is 9.69 Å². The van der Waals surface area contributed by atoms with Gasteiger partial charge in [0, 0.05) is 30.7 Å². The number of aromatic amines is 1. The van der Waals surface area contributed by atoms with Gasteiger partial charge in [-0.2, -0.15) is 0 Å².